The van der Waals surface area contributed by atoms with Gasteiger partial charge < -0.3 is 14.4 Å². The Morgan fingerprint density at radius 1 is 1.04 bits per heavy atom. The van der Waals surface area contributed by atoms with Crippen LogP contribution in [0.2, 0.25) is 0 Å². The van der Waals surface area contributed by atoms with Gasteiger partial charge in [-0.2, -0.15) is 0 Å². The lowest BCUT2D eigenvalue weighted by Gasteiger charge is -2.32. The van der Waals surface area contributed by atoms with Gasteiger partial charge in [-0.1, -0.05) is 24.3 Å². The van der Waals surface area contributed by atoms with Gasteiger partial charge in [0.15, 0.2) is 5.78 Å². The van der Waals surface area contributed by atoms with Crippen LogP contribution in [-0.2, 0) is 9.31 Å². The van der Waals surface area contributed by atoms with E-state index in [0.29, 0.717) is 5.56 Å². The van der Waals surface area contributed by atoms with Crippen LogP contribution in [-0.4, -0.2) is 52.3 Å². The van der Waals surface area contributed by atoms with Crippen molar-refractivity contribution < 1.29 is 24.0 Å². The van der Waals surface area contributed by atoms with Crippen LogP contribution in [0.1, 0.15) is 58.8 Å². The Balaban J connectivity index is 2.13. The van der Waals surface area contributed by atoms with E-state index in [1.165, 1.54) is 0 Å². The Hall–Kier alpha value is -1.86. The van der Waals surface area contributed by atoms with Crippen LogP contribution in [0, 0.1) is 0 Å². The van der Waals surface area contributed by atoms with Gasteiger partial charge in [-0.3, -0.25) is 9.69 Å². The second kappa shape index (κ2) is 6.70. The molecule has 1 aromatic carbocycles. The molecule has 1 saturated heterocycles. The molecule has 26 heavy (non-hydrogen) atoms. The summed E-state index contributed by atoms with van der Waals surface area (Å²) in [5.74, 6) is -0.247. The summed E-state index contributed by atoms with van der Waals surface area (Å²) >= 11 is 0. The van der Waals surface area contributed by atoms with E-state index in [4.69, 9.17) is 9.31 Å². The zero-order valence-corrected chi connectivity index (χ0v) is 16.6. The van der Waals surface area contributed by atoms with Crippen molar-refractivity contribution in [3.05, 3.63) is 29.8 Å². The van der Waals surface area contributed by atoms with Crippen molar-refractivity contribution in [1.82, 2.24) is 4.90 Å². The first kappa shape index (κ1) is 20.5. The minimum atomic E-state index is -1.11. The normalized spacial score (nSPS) is 18.7. The number of ketones is 1. The summed E-state index contributed by atoms with van der Waals surface area (Å²) in [6.45, 7) is 13.0. The molecule has 0 spiro atoms. The highest BCUT2D eigenvalue weighted by atomic mass is 16.7. The molecule has 0 radical (unpaired) electrons. The van der Waals surface area contributed by atoms with Crippen molar-refractivity contribution in [3.8, 4) is 0 Å². The number of amides is 1. The van der Waals surface area contributed by atoms with Crippen molar-refractivity contribution >= 4 is 24.5 Å². The first-order valence-corrected chi connectivity index (χ1v) is 8.74. The number of Topliss-reactive ketones (excluding diaryl/α,β-unsaturated/α-hetero) is 1. The molecular formula is C19H28BNO5. The minimum absolute atomic E-state index is 0.186. The summed E-state index contributed by atoms with van der Waals surface area (Å²) in [6.07, 6.45) is -1.11. The quantitative estimate of drug-likeness (QED) is 0.659. The second-order valence-corrected chi connectivity index (χ2v) is 8.67. The number of carbonyl (C=O) groups is 2. The van der Waals surface area contributed by atoms with Crippen LogP contribution in [0.5, 0.6) is 0 Å². The van der Waals surface area contributed by atoms with Crippen molar-refractivity contribution in [2.75, 3.05) is 6.54 Å². The lowest BCUT2D eigenvalue weighted by atomic mass is 9.78. The van der Waals surface area contributed by atoms with E-state index < -0.39 is 30.0 Å². The van der Waals surface area contributed by atoms with Gasteiger partial charge in [0.25, 0.3) is 0 Å². The van der Waals surface area contributed by atoms with E-state index in [1.54, 1.807) is 45.0 Å². The smallest absolute Gasteiger partial charge is 0.465 e. The number of rotatable bonds is 4. The number of hydrogen-bond donors (Lipinski definition) is 1. The molecule has 0 saturated carbocycles. The first-order chi connectivity index (χ1) is 11.7. The maximum atomic E-state index is 12.5. The largest absolute Gasteiger partial charge is 0.494 e. The van der Waals surface area contributed by atoms with E-state index in [0.717, 1.165) is 10.4 Å². The second-order valence-electron chi connectivity index (χ2n) is 8.67. The van der Waals surface area contributed by atoms with Gasteiger partial charge >= 0.3 is 13.2 Å². The Morgan fingerprint density at radius 2 is 1.50 bits per heavy atom. The molecule has 1 heterocycles. The van der Waals surface area contributed by atoms with E-state index >= 15 is 0 Å². The van der Waals surface area contributed by atoms with Crippen LogP contribution in [0.15, 0.2) is 24.3 Å². The molecule has 1 amide bonds. The highest BCUT2D eigenvalue weighted by molar-refractivity contribution is 6.62. The van der Waals surface area contributed by atoms with Crippen LogP contribution in [0.3, 0.4) is 0 Å². The fraction of sp³-hybridized carbons (Fsp3) is 0.579. The van der Waals surface area contributed by atoms with E-state index in [1.807, 2.05) is 27.7 Å². The van der Waals surface area contributed by atoms with Gasteiger partial charge in [-0.25, -0.2) is 4.79 Å². The van der Waals surface area contributed by atoms with Crippen molar-refractivity contribution in [2.24, 2.45) is 0 Å². The maximum Gasteiger partial charge on any atom is 0.494 e. The van der Waals surface area contributed by atoms with Crippen LogP contribution >= 0.6 is 0 Å². The number of hydrogen-bond acceptors (Lipinski definition) is 4. The van der Waals surface area contributed by atoms with Gasteiger partial charge in [-0.05, 0) is 53.9 Å². The molecule has 0 atom stereocenters. The maximum absolute atomic E-state index is 12.5. The third-order valence-corrected chi connectivity index (χ3v) is 5.10. The molecule has 0 aliphatic carbocycles. The van der Waals surface area contributed by atoms with E-state index in [9.17, 15) is 14.7 Å². The van der Waals surface area contributed by atoms with Gasteiger partial charge in [0.2, 0.25) is 0 Å². The Kier molecular flexibility index (Phi) is 5.28. The number of nitrogens with zero attached hydrogens (tertiary/aromatic N) is 1. The third kappa shape index (κ3) is 4.10. The fourth-order valence-electron chi connectivity index (χ4n) is 2.63. The number of carboxylic acid groups (broad SMARTS) is 1. The molecule has 1 aliphatic rings. The standard InChI is InChI=1S/C19H28BNO5/c1-17(2,3)21(16(23)24)12-15(22)13-8-10-14(11-9-13)20-25-18(4,5)19(6,7)26-20/h8-11H,12H2,1-7H3,(H,23,24). The lowest BCUT2D eigenvalue weighted by Crippen LogP contribution is -2.47. The first-order valence-electron chi connectivity index (χ1n) is 8.74. The monoisotopic (exact) mass is 361 g/mol. The highest BCUT2D eigenvalue weighted by Crippen LogP contribution is 2.36. The van der Waals surface area contributed by atoms with Crippen molar-refractivity contribution in [3.63, 3.8) is 0 Å². The van der Waals surface area contributed by atoms with Gasteiger partial charge in [-0.15, -0.1) is 0 Å². The summed E-state index contributed by atoms with van der Waals surface area (Å²) in [5.41, 5.74) is -0.224. The van der Waals surface area contributed by atoms with Gasteiger partial charge in [0.05, 0.1) is 17.7 Å². The molecule has 0 bridgehead atoms. The molecule has 1 N–H and O–H groups in total. The van der Waals surface area contributed by atoms with Crippen LogP contribution < -0.4 is 5.46 Å². The molecule has 142 valence electrons. The molecule has 7 heteroatoms. The summed E-state index contributed by atoms with van der Waals surface area (Å²) in [6, 6.07) is 6.95. The molecule has 1 fully saturated rings. The van der Waals surface area contributed by atoms with E-state index in [2.05, 4.69) is 0 Å². The molecule has 0 unspecified atom stereocenters. The average molecular weight is 361 g/mol. The fourth-order valence-corrected chi connectivity index (χ4v) is 2.63. The molecule has 1 aliphatic heterocycles. The molecule has 2 rings (SSSR count). The number of carbonyl (C=O) groups excluding carboxylic acids is 1. The van der Waals surface area contributed by atoms with Crippen LogP contribution in [0.4, 0.5) is 4.79 Å². The summed E-state index contributed by atoms with van der Waals surface area (Å²) in [7, 11) is -0.491. The molecule has 6 nitrogen and oxygen atoms in total. The van der Waals surface area contributed by atoms with Gasteiger partial charge in [0, 0.05) is 11.1 Å². The Morgan fingerprint density at radius 3 is 1.88 bits per heavy atom. The minimum Gasteiger partial charge on any atom is -0.465 e. The predicted molar refractivity (Wildman–Crippen MR) is 101 cm³/mol. The van der Waals surface area contributed by atoms with Crippen molar-refractivity contribution in [2.45, 2.75) is 65.2 Å². The van der Waals surface area contributed by atoms with Crippen molar-refractivity contribution in [1.29, 1.82) is 0 Å². The van der Waals surface area contributed by atoms with Gasteiger partial charge in [0.1, 0.15) is 0 Å². The van der Waals surface area contributed by atoms with Crippen LogP contribution in [0.25, 0.3) is 0 Å². The summed E-state index contributed by atoms with van der Waals surface area (Å²) in [5, 5.41) is 9.33. The summed E-state index contributed by atoms with van der Waals surface area (Å²) < 4.78 is 12.0. The van der Waals surface area contributed by atoms with E-state index in [-0.39, 0.29) is 12.3 Å². The Bertz CT molecular complexity index is 675. The molecular weight excluding hydrogens is 333 g/mol. The molecule has 1 aromatic rings. The topological polar surface area (TPSA) is 76.1 Å². The summed E-state index contributed by atoms with van der Waals surface area (Å²) in [4.78, 5) is 25.0. The number of benzene rings is 1. The lowest BCUT2D eigenvalue weighted by molar-refractivity contribution is 0.00578. The highest BCUT2D eigenvalue weighted by Gasteiger charge is 2.51. The zero-order valence-electron chi connectivity index (χ0n) is 16.6. The predicted octanol–water partition coefficient (Wildman–Crippen LogP) is 2.95. The third-order valence-electron chi connectivity index (χ3n) is 5.10. The Labute approximate surface area is 155 Å². The zero-order chi connectivity index (χ0) is 19.9. The average Bonchev–Trinajstić information content (AvgIpc) is 2.71. The SMILES string of the molecule is CC(C)(C)N(CC(=O)c1ccc(B2OC(C)(C)C(C)(C)O2)cc1)C(=O)O. The molecule has 0 aromatic heterocycles.